The third-order valence-corrected chi connectivity index (χ3v) is 3.76. The highest BCUT2D eigenvalue weighted by Crippen LogP contribution is 2.29. The van der Waals surface area contributed by atoms with E-state index in [4.69, 9.17) is 11.6 Å². The average molecular weight is 268 g/mol. The summed E-state index contributed by atoms with van der Waals surface area (Å²) in [5.74, 6) is 2.53. The molecular weight excluding hydrogens is 246 g/mol. The van der Waals surface area contributed by atoms with Gasteiger partial charge in [-0.3, -0.25) is 0 Å². The first-order chi connectivity index (χ1) is 8.61. The molecule has 3 nitrogen and oxygen atoms in total. The quantitative estimate of drug-likeness (QED) is 0.779. The van der Waals surface area contributed by atoms with Crippen molar-refractivity contribution in [3.63, 3.8) is 0 Å². The molecule has 2 heterocycles. The van der Waals surface area contributed by atoms with Crippen molar-refractivity contribution in [2.75, 3.05) is 11.4 Å². The first-order valence-corrected chi connectivity index (χ1v) is 7.29. The van der Waals surface area contributed by atoms with E-state index in [0.29, 0.717) is 17.1 Å². The fourth-order valence-corrected chi connectivity index (χ4v) is 2.90. The standard InChI is InChI=1S/C14H22ClN3/c1-4-6-13-16-12(15)9-14(17-13)18-8-5-7-11(18)10(2)3/h9-11H,4-8H2,1-3H3. The number of halogens is 1. The Morgan fingerprint density at radius 1 is 1.44 bits per heavy atom. The Labute approximate surface area is 115 Å². The van der Waals surface area contributed by atoms with E-state index in [9.17, 15) is 0 Å². The first kappa shape index (κ1) is 13.6. The SMILES string of the molecule is CCCc1nc(Cl)cc(N2CCCC2C(C)C)n1. The van der Waals surface area contributed by atoms with E-state index in [-0.39, 0.29) is 0 Å². The highest BCUT2D eigenvalue weighted by Gasteiger charge is 2.28. The van der Waals surface area contributed by atoms with Crippen LogP contribution < -0.4 is 4.90 Å². The number of nitrogens with zero attached hydrogens (tertiary/aromatic N) is 3. The maximum absolute atomic E-state index is 6.11. The van der Waals surface area contributed by atoms with Crippen molar-refractivity contribution < 1.29 is 0 Å². The second kappa shape index (κ2) is 5.87. The van der Waals surface area contributed by atoms with Gasteiger partial charge in [-0.15, -0.1) is 0 Å². The Kier molecular flexibility index (Phi) is 4.44. The summed E-state index contributed by atoms with van der Waals surface area (Å²) in [5, 5.41) is 0.567. The number of anilines is 1. The molecule has 18 heavy (non-hydrogen) atoms. The Bertz CT molecular complexity index is 406. The molecule has 0 radical (unpaired) electrons. The molecule has 1 aromatic rings. The van der Waals surface area contributed by atoms with Gasteiger partial charge in [-0.1, -0.05) is 32.4 Å². The molecule has 1 aliphatic heterocycles. The van der Waals surface area contributed by atoms with Crippen LogP contribution in [0.5, 0.6) is 0 Å². The van der Waals surface area contributed by atoms with Crippen LogP contribution in [0.1, 0.15) is 45.9 Å². The first-order valence-electron chi connectivity index (χ1n) is 6.92. The Balaban J connectivity index is 2.26. The molecule has 0 saturated carbocycles. The normalized spacial score (nSPS) is 19.8. The third kappa shape index (κ3) is 2.94. The van der Waals surface area contributed by atoms with Gasteiger partial charge < -0.3 is 4.90 Å². The van der Waals surface area contributed by atoms with Crippen molar-refractivity contribution in [2.24, 2.45) is 5.92 Å². The van der Waals surface area contributed by atoms with Crippen LogP contribution in [-0.4, -0.2) is 22.6 Å². The smallest absolute Gasteiger partial charge is 0.134 e. The lowest BCUT2D eigenvalue weighted by Crippen LogP contribution is -2.34. The summed E-state index contributed by atoms with van der Waals surface area (Å²) in [6.45, 7) is 7.77. The van der Waals surface area contributed by atoms with Crippen molar-refractivity contribution in [1.82, 2.24) is 9.97 Å². The van der Waals surface area contributed by atoms with Crippen molar-refractivity contribution in [2.45, 2.75) is 52.5 Å². The minimum atomic E-state index is 0.567. The highest BCUT2D eigenvalue weighted by atomic mass is 35.5. The van der Waals surface area contributed by atoms with E-state index < -0.39 is 0 Å². The van der Waals surface area contributed by atoms with Gasteiger partial charge in [0.25, 0.3) is 0 Å². The van der Waals surface area contributed by atoms with E-state index in [1.54, 1.807) is 0 Å². The molecule has 1 aliphatic rings. The van der Waals surface area contributed by atoms with E-state index in [2.05, 4.69) is 35.6 Å². The van der Waals surface area contributed by atoms with Gasteiger partial charge >= 0.3 is 0 Å². The zero-order chi connectivity index (χ0) is 13.1. The lowest BCUT2D eigenvalue weighted by molar-refractivity contribution is 0.489. The fourth-order valence-electron chi connectivity index (χ4n) is 2.70. The molecular formula is C14H22ClN3. The van der Waals surface area contributed by atoms with Gasteiger partial charge in [-0.25, -0.2) is 9.97 Å². The van der Waals surface area contributed by atoms with Crippen LogP contribution in [-0.2, 0) is 6.42 Å². The number of hydrogen-bond acceptors (Lipinski definition) is 3. The molecule has 0 aliphatic carbocycles. The van der Waals surface area contributed by atoms with Crippen molar-refractivity contribution in [3.8, 4) is 0 Å². The van der Waals surface area contributed by atoms with E-state index in [0.717, 1.165) is 31.0 Å². The number of aryl methyl sites for hydroxylation is 1. The van der Waals surface area contributed by atoms with Crippen molar-refractivity contribution in [1.29, 1.82) is 0 Å². The zero-order valence-corrected chi connectivity index (χ0v) is 12.2. The second-order valence-corrected chi connectivity index (χ2v) is 5.75. The maximum atomic E-state index is 6.11. The van der Waals surface area contributed by atoms with Crippen LogP contribution in [0.3, 0.4) is 0 Å². The Morgan fingerprint density at radius 3 is 2.89 bits per heavy atom. The third-order valence-electron chi connectivity index (χ3n) is 3.56. The molecule has 1 atom stereocenters. The lowest BCUT2D eigenvalue weighted by atomic mass is 10.0. The number of rotatable bonds is 4. The van der Waals surface area contributed by atoms with Gasteiger partial charge in [-0.2, -0.15) is 0 Å². The fraction of sp³-hybridized carbons (Fsp3) is 0.714. The van der Waals surface area contributed by atoms with Crippen LogP contribution in [0.4, 0.5) is 5.82 Å². The molecule has 1 aromatic heterocycles. The van der Waals surface area contributed by atoms with Crippen LogP contribution >= 0.6 is 11.6 Å². The summed E-state index contributed by atoms with van der Waals surface area (Å²) in [6.07, 6.45) is 4.44. The molecule has 2 rings (SSSR count). The van der Waals surface area contributed by atoms with E-state index in [1.165, 1.54) is 12.8 Å². The summed E-state index contributed by atoms with van der Waals surface area (Å²) in [4.78, 5) is 11.4. The summed E-state index contributed by atoms with van der Waals surface area (Å²) in [5.41, 5.74) is 0. The maximum Gasteiger partial charge on any atom is 0.134 e. The molecule has 0 amide bonds. The lowest BCUT2D eigenvalue weighted by Gasteiger charge is -2.28. The van der Waals surface area contributed by atoms with Gasteiger partial charge in [0, 0.05) is 25.1 Å². The summed E-state index contributed by atoms with van der Waals surface area (Å²) >= 11 is 6.11. The molecule has 100 valence electrons. The van der Waals surface area contributed by atoms with E-state index in [1.807, 2.05) is 6.07 Å². The summed E-state index contributed by atoms with van der Waals surface area (Å²) in [6, 6.07) is 2.49. The molecule has 0 N–H and O–H groups in total. The van der Waals surface area contributed by atoms with Gasteiger partial charge in [0.05, 0.1) is 0 Å². The molecule has 1 fully saturated rings. The van der Waals surface area contributed by atoms with Crippen molar-refractivity contribution in [3.05, 3.63) is 17.0 Å². The van der Waals surface area contributed by atoms with Gasteiger partial charge in [0.1, 0.15) is 16.8 Å². The molecule has 0 spiro atoms. The predicted octanol–water partition coefficient (Wildman–Crippen LogP) is 3.71. The zero-order valence-electron chi connectivity index (χ0n) is 11.5. The minimum Gasteiger partial charge on any atom is -0.353 e. The largest absolute Gasteiger partial charge is 0.353 e. The van der Waals surface area contributed by atoms with Crippen LogP contribution in [0, 0.1) is 5.92 Å². The molecule has 1 saturated heterocycles. The molecule has 0 aromatic carbocycles. The second-order valence-electron chi connectivity index (χ2n) is 5.36. The van der Waals surface area contributed by atoms with E-state index >= 15 is 0 Å². The topological polar surface area (TPSA) is 29.0 Å². The Morgan fingerprint density at radius 2 is 2.22 bits per heavy atom. The van der Waals surface area contributed by atoms with Crippen LogP contribution in [0.15, 0.2) is 6.07 Å². The summed E-state index contributed by atoms with van der Waals surface area (Å²) < 4.78 is 0. The number of hydrogen-bond donors (Lipinski definition) is 0. The predicted molar refractivity (Wildman–Crippen MR) is 76.2 cm³/mol. The molecule has 4 heteroatoms. The molecule has 0 bridgehead atoms. The van der Waals surface area contributed by atoms with Gasteiger partial charge in [0.2, 0.25) is 0 Å². The van der Waals surface area contributed by atoms with Gasteiger partial charge in [-0.05, 0) is 25.2 Å². The van der Waals surface area contributed by atoms with Crippen LogP contribution in [0.2, 0.25) is 5.15 Å². The van der Waals surface area contributed by atoms with Gasteiger partial charge in [0.15, 0.2) is 0 Å². The average Bonchev–Trinajstić information content (AvgIpc) is 2.77. The monoisotopic (exact) mass is 267 g/mol. The number of aromatic nitrogens is 2. The minimum absolute atomic E-state index is 0.567. The molecule has 1 unspecified atom stereocenters. The highest BCUT2D eigenvalue weighted by molar-refractivity contribution is 6.29. The Hall–Kier alpha value is -0.830. The van der Waals surface area contributed by atoms with Crippen LogP contribution in [0.25, 0.3) is 0 Å². The van der Waals surface area contributed by atoms with Crippen molar-refractivity contribution >= 4 is 17.4 Å². The summed E-state index contributed by atoms with van der Waals surface area (Å²) in [7, 11) is 0.